The maximum Gasteiger partial charge on any atom is 0.328 e. The summed E-state index contributed by atoms with van der Waals surface area (Å²) < 4.78 is 41.4. The molecule has 0 radical (unpaired) electrons. The zero-order chi connectivity index (χ0) is 15.9. The van der Waals surface area contributed by atoms with Gasteiger partial charge in [0.15, 0.2) is 11.6 Å². The Hall–Kier alpha value is -1.89. The van der Waals surface area contributed by atoms with Gasteiger partial charge in [0, 0.05) is 11.8 Å². The lowest BCUT2D eigenvalue weighted by Crippen LogP contribution is -2.12. The van der Waals surface area contributed by atoms with Crippen molar-refractivity contribution in [2.24, 2.45) is 0 Å². The highest BCUT2D eigenvalue weighted by Gasteiger charge is 2.08. The number of carbonyl (C=O) groups is 1. The number of benzene rings is 1. The number of hydrogen-bond acceptors (Lipinski definition) is 4. The Labute approximate surface area is 123 Å². The zero-order valence-corrected chi connectivity index (χ0v) is 12.4. The molecule has 0 saturated carbocycles. The molecule has 0 aliphatic carbocycles. The third kappa shape index (κ3) is 6.40. The van der Waals surface area contributed by atoms with Crippen molar-refractivity contribution >= 4 is 21.9 Å². The molecule has 1 N–H and O–H groups in total. The fraction of sp³-hybridized carbons (Fsp3) is 0.357. The SMILES string of the molecule is CCS(=O)(=O)CCCOc1ccc(/C=C/C(=O)O)cc1F. The van der Waals surface area contributed by atoms with Gasteiger partial charge in [0.1, 0.15) is 9.84 Å². The molecule has 5 nitrogen and oxygen atoms in total. The largest absolute Gasteiger partial charge is 0.490 e. The molecule has 116 valence electrons. The van der Waals surface area contributed by atoms with Crippen LogP contribution >= 0.6 is 0 Å². The number of carboxylic acids is 1. The summed E-state index contributed by atoms with van der Waals surface area (Å²) in [5.41, 5.74) is 0.399. The molecular formula is C14H17FO5S. The molecule has 21 heavy (non-hydrogen) atoms. The molecule has 0 aliphatic rings. The maximum atomic E-state index is 13.7. The minimum atomic E-state index is -3.04. The molecule has 0 spiro atoms. The molecule has 1 aromatic carbocycles. The third-order valence-electron chi connectivity index (χ3n) is 2.67. The predicted molar refractivity (Wildman–Crippen MR) is 77.5 cm³/mol. The summed E-state index contributed by atoms with van der Waals surface area (Å²) in [6.07, 6.45) is 2.46. The number of ether oxygens (including phenoxy) is 1. The molecule has 0 unspecified atom stereocenters. The van der Waals surface area contributed by atoms with Gasteiger partial charge >= 0.3 is 5.97 Å². The topological polar surface area (TPSA) is 80.7 Å². The van der Waals surface area contributed by atoms with Gasteiger partial charge in [-0.05, 0) is 30.2 Å². The standard InChI is InChI=1S/C14H17FO5S/c1-2-21(18,19)9-3-8-20-13-6-4-11(10-12(13)15)5-7-14(16)17/h4-7,10H,2-3,8-9H2,1H3,(H,16,17)/b7-5+. The van der Waals surface area contributed by atoms with Crippen LogP contribution < -0.4 is 4.74 Å². The quantitative estimate of drug-likeness (QED) is 0.587. The summed E-state index contributed by atoms with van der Waals surface area (Å²) in [4.78, 5) is 10.4. The molecule has 0 saturated heterocycles. The Bertz CT molecular complexity index is 622. The van der Waals surface area contributed by atoms with E-state index >= 15 is 0 Å². The first-order valence-electron chi connectivity index (χ1n) is 6.38. The van der Waals surface area contributed by atoms with Gasteiger partial charge in [-0.2, -0.15) is 0 Å². The number of rotatable bonds is 8. The molecular weight excluding hydrogens is 299 g/mol. The fourth-order valence-corrected chi connectivity index (χ4v) is 2.36. The number of sulfone groups is 1. The smallest absolute Gasteiger partial charge is 0.328 e. The third-order valence-corrected chi connectivity index (χ3v) is 4.46. The van der Waals surface area contributed by atoms with Gasteiger partial charge in [-0.15, -0.1) is 0 Å². The van der Waals surface area contributed by atoms with Crippen LogP contribution in [0.3, 0.4) is 0 Å². The van der Waals surface area contributed by atoms with E-state index in [9.17, 15) is 17.6 Å². The van der Waals surface area contributed by atoms with E-state index in [1.54, 1.807) is 6.92 Å². The number of halogens is 1. The molecule has 0 bridgehead atoms. The fourth-order valence-electron chi connectivity index (χ4n) is 1.51. The number of carboxylic acid groups (broad SMARTS) is 1. The minimum Gasteiger partial charge on any atom is -0.490 e. The summed E-state index contributed by atoms with van der Waals surface area (Å²) in [5.74, 6) is -1.65. The van der Waals surface area contributed by atoms with Crippen molar-refractivity contribution < 1.29 is 27.4 Å². The van der Waals surface area contributed by atoms with Gasteiger partial charge in [0.2, 0.25) is 0 Å². The van der Waals surface area contributed by atoms with Crippen LogP contribution in [0.5, 0.6) is 5.75 Å². The average molecular weight is 316 g/mol. The predicted octanol–water partition coefficient (Wildman–Crippen LogP) is 2.13. The highest BCUT2D eigenvalue weighted by atomic mass is 32.2. The maximum absolute atomic E-state index is 13.7. The molecule has 0 fully saturated rings. The molecule has 1 aromatic rings. The van der Waals surface area contributed by atoms with Crippen LogP contribution in [-0.4, -0.2) is 37.6 Å². The van der Waals surface area contributed by atoms with Crippen molar-refractivity contribution in [1.82, 2.24) is 0 Å². The van der Waals surface area contributed by atoms with Crippen molar-refractivity contribution in [3.63, 3.8) is 0 Å². The number of aliphatic carboxylic acids is 1. The van der Waals surface area contributed by atoms with Crippen LogP contribution in [0.25, 0.3) is 6.08 Å². The molecule has 7 heteroatoms. The van der Waals surface area contributed by atoms with Crippen molar-refractivity contribution in [2.75, 3.05) is 18.1 Å². The molecule has 0 atom stereocenters. The summed E-state index contributed by atoms with van der Waals surface area (Å²) in [7, 11) is -3.04. The average Bonchev–Trinajstić information content (AvgIpc) is 2.43. The summed E-state index contributed by atoms with van der Waals surface area (Å²) in [6.45, 7) is 1.67. The Kier molecular flexibility index (Phi) is 6.36. The molecule has 0 heterocycles. The van der Waals surface area contributed by atoms with E-state index in [1.807, 2.05) is 0 Å². The molecule has 1 rings (SSSR count). The highest BCUT2D eigenvalue weighted by Crippen LogP contribution is 2.19. The van der Waals surface area contributed by atoms with Crippen LogP contribution in [0.2, 0.25) is 0 Å². The summed E-state index contributed by atoms with van der Waals surface area (Å²) >= 11 is 0. The monoisotopic (exact) mass is 316 g/mol. The molecule has 0 amide bonds. The zero-order valence-electron chi connectivity index (χ0n) is 11.6. The lowest BCUT2D eigenvalue weighted by molar-refractivity contribution is -0.131. The van der Waals surface area contributed by atoms with Gasteiger partial charge in [0.05, 0.1) is 12.4 Å². The molecule has 0 aromatic heterocycles. The van der Waals surface area contributed by atoms with Crippen LogP contribution in [0.15, 0.2) is 24.3 Å². The summed E-state index contributed by atoms with van der Waals surface area (Å²) in [6, 6.07) is 4.05. The van der Waals surface area contributed by atoms with E-state index < -0.39 is 21.6 Å². The molecule has 0 aliphatic heterocycles. The van der Waals surface area contributed by atoms with Crippen molar-refractivity contribution in [3.8, 4) is 5.75 Å². The second-order valence-corrected chi connectivity index (χ2v) is 6.77. The van der Waals surface area contributed by atoms with Crippen LogP contribution in [0, 0.1) is 5.82 Å². The van der Waals surface area contributed by atoms with E-state index in [0.717, 1.165) is 12.1 Å². The van der Waals surface area contributed by atoms with Crippen molar-refractivity contribution in [3.05, 3.63) is 35.7 Å². The van der Waals surface area contributed by atoms with Crippen molar-refractivity contribution in [2.45, 2.75) is 13.3 Å². The van der Waals surface area contributed by atoms with Crippen LogP contribution in [-0.2, 0) is 14.6 Å². The van der Waals surface area contributed by atoms with Gasteiger partial charge in [0.25, 0.3) is 0 Å². The van der Waals surface area contributed by atoms with Crippen LogP contribution in [0.4, 0.5) is 4.39 Å². The van der Waals surface area contributed by atoms with E-state index in [4.69, 9.17) is 9.84 Å². The van der Waals surface area contributed by atoms with E-state index in [1.165, 1.54) is 18.2 Å². The Morgan fingerprint density at radius 2 is 2.14 bits per heavy atom. The number of hydrogen-bond donors (Lipinski definition) is 1. The van der Waals surface area contributed by atoms with Gasteiger partial charge < -0.3 is 9.84 Å². The van der Waals surface area contributed by atoms with E-state index in [0.29, 0.717) is 5.56 Å². The minimum absolute atomic E-state index is 0.00452. The van der Waals surface area contributed by atoms with E-state index in [-0.39, 0.29) is 30.3 Å². The Morgan fingerprint density at radius 1 is 1.43 bits per heavy atom. The summed E-state index contributed by atoms with van der Waals surface area (Å²) in [5, 5.41) is 8.47. The first-order chi connectivity index (χ1) is 9.84. The Morgan fingerprint density at radius 3 is 2.71 bits per heavy atom. The first-order valence-corrected chi connectivity index (χ1v) is 8.20. The van der Waals surface area contributed by atoms with Gasteiger partial charge in [-0.1, -0.05) is 13.0 Å². The normalized spacial score (nSPS) is 11.7. The second kappa shape index (κ2) is 7.78. The van der Waals surface area contributed by atoms with E-state index in [2.05, 4.69) is 0 Å². The van der Waals surface area contributed by atoms with Gasteiger partial charge in [-0.3, -0.25) is 0 Å². The first kappa shape index (κ1) is 17.2. The Balaban J connectivity index is 2.55. The lowest BCUT2D eigenvalue weighted by Gasteiger charge is -2.07. The van der Waals surface area contributed by atoms with Crippen molar-refractivity contribution in [1.29, 1.82) is 0 Å². The van der Waals surface area contributed by atoms with Gasteiger partial charge in [-0.25, -0.2) is 17.6 Å². The lowest BCUT2D eigenvalue weighted by atomic mass is 10.2. The highest BCUT2D eigenvalue weighted by molar-refractivity contribution is 7.91. The second-order valence-electron chi connectivity index (χ2n) is 4.30. The van der Waals surface area contributed by atoms with Crippen LogP contribution in [0.1, 0.15) is 18.9 Å².